The number of ether oxygens (including phenoxy) is 1. The third-order valence-electron chi connectivity index (χ3n) is 5.03. The lowest BCUT2D eigenvalue weighted by Crippen LogP contribution is -2.39. The molecule has 1 aromatic heterocycles. The van der Waals surface area contributed by atoms with Gasteiger partial charge in [0.25, 0.3) is 5.22 Å². The van der Waals surface area contributed by atoms with Crippen molar-refractivity contribution in [2.24, 2.45) is 0 Å². The van der Waals surface area contributed by atoms with Crippen molar-refractivity contribution < 1.29 is 18.3 Å². The Labute approximate surface area is 172 Å². The highest BCUT2D eigenvalue weighted by Crippen LogP contribution is 2.31. The molecule has 29 heavy (non-hydrogen) atoms. The van der Waals surface area contributed by atoms with Crippen LogP contribution in [-0.4, -0.2) is 40.4 Å². The van der Waals surface area contributed by atoms with E-state index in [1.165, 1.54) is 23.9 Å². The van der Waals surface area contributed by atoms with Crippen LogP contribution in [0.5, 0.6) is 5.75 Å². The number of benzene rings is 2. The number of fused-ring (bicyclic) bond motifs is 1. The average Bonchev–Trinajstić information content (AvgIpc) is 3.22. The zero-order chi connectivity index (χ0) is 20.4. The molecule has 0 saturated carbocycles. The van der Waals surface area contributed by atoms with Crippen molar-refractivity contribution in [1.29, 1.82) is 0 Å². The van der Waals surface area contributed by atoms with Gasteiger partial charge in [0.05, 0.1) is 18.9 Å². The summed E-state index contributed by atoms with van der Waals surface area (Å²) in [6.07, 6.45) is 0.721. The first kappa shape index (κ1) is 19.4. The molecular formula is C21H20FN3O3S. The highest BCUT2D eigenvalue weighted by atomic mass is 32.2. The van der Waals surface area contributed by atoms with Crippen LogP contribution in [0.1, 0.15) is 24.1 Å². The van der Waals surface area contributed by atoms with E-state index in [9.17, 15) is 9.18 Å². The molecule has 1 unspecified atom stereocenters. The van der Waals surface area contributed by atoms with E-state index in [4.69, 9.17) is 9.15 Å². The van der Waals surface area contributed by atoms with Crippen LogP contribution in [0.15, 0.2) is 52.1 Å². The predicted octanol–water partition coefficient (Wildman–Crippen LogP) is 4.12. The normalized spacial score (nSPS) is 15.8. The van der Waals surface area contributed by atoms with Gasteiger partial charge in [0.1, 0.15) is 11.6 Å². The second-order valence-corrected chi connectivity index (χ2v) is 7.67. The molecule has 2 heterocycles. The number of aromatic nitrogens is 2. The minimum Gasteiger partial charge on any atom is -0.497 e. The van der Waals surface area contributed by atoms with E-state index in [1.807, 2.05) is 31.2 Å². The van der Waals surface area contributed by atoms with E-state index in [1.54, 1.807) is 18.1 Å². The van der Waals surface area contributed by atoms with Gasteiger partial charge in [0, 0.05) is 12.1 Å². The van der Waals surface area contributed by atoms with E-state index in [0.29, 0.717) is 17.7 Å². The minimum absolute atomic E-state index is 0.0402. The summed E-state index contributed by atoms with van der Waals surface area (Å²) < 4.78 is 24.4. The first-order valence-corrected chi connectivity index (χ1v) is 10.2. The summed E-state index contributed by atoms with van der Waals surface area (Å²) in [5, 5.41) is 8.39. The van der Waals surface area contributed by atoms with Crippen molar-refractivity contribution in [2.75, 3.05) is 19.4 Å². The lowest BCUT2D eigenvalue weighted by molar-refractivity contribution is -0.130. The molecule has 6 nitrogen and oxygen atoms in total. The number of hydrogen-bond acceptors (Lipinski definition) is 6. The summed E-state index contributed by atoms with van der Waals surface area (Å²) in [6.45, 7) is 2.54. The Bertz CT molecular complexity index is 1020. The maximum atomic E-state index is 13.6. The molecule has 8 heteroatoms. The highest BCUT2D eigenvalue weighted by Gasteiger charge is 2.28. The van der Waals surface area contributed by atoms with Crippen LogP contribution in [0.3, 0.4) is 0 Å². The van der Waals surface area contributed by atoms with Gasteiger partial charge in [-0.1, -0.05) is 17.8 Å². The number of carbonyl (C=O) groups is 1. The first-order valence-electron chi connectivity index (χ1n) is 9.23. The second-order valence-electron chi connectivity index (χ2n) is 6.75. The summed E-state index contributed by atoms with van der Waals surface area (Å²) in [7, 11) is 1.60. The fraction of sp³-hybridized carbons (Fsp3) is 0.286. The van der Waals surface area contributed by atoms with Gasteiger partial charge in [-0.25, -0.2) is 4.39 Å². The summed E-state index contributed by atoms with van der Waals surface area (Å²) in [5.41, 5.74) is 2.74. The molecule has 1 atom stereocenters. The molecule has 0 aliphatic carbocycles. The Kier molecular flexibility index (Phi) is 5.53. The van der Waals surface area contributed by atoms with Gasteiger partial charge in [-0.05, 0) is 60.9 Å². The lowest BCUT2D eigenvalue weighted by Gasteiger charge is -2.35. The van der Waals surface area contributed by atoms with Gasteiger partial charge in [-0.3, -0.25) is 4.79 Å². The summed E-state index contributed by atoms with van der Waals surface area (Å²) in [5.74, 6) is 0.987. The first-order chi connectivity index (χ1) is 14.0. The van der Waals surface area contributed by atoms with Gasteiger partial charge in [-0.2, -0.15) is 0 Å². The zero-order valence-corrected chi connectivity index (χ0v) is 16.9. The number of nitrogens with zero attached hydrogens (tertiary/aromatic N) is 3. The molecule has 2 aromatic carbocycles. The van der Waals surface area contributed by atoms with Crippen molar-refractivity contribution in [1.82, 2.24) is 15.1 Å². The second kappa shape index (κ2) is 8.24. The van der Waals surface area contributed by atoms with E-state index in [-0.39, 0.29) is 23.5 Å². The van der Waals surface area contributed by atoms with Crippen LogP contribution in [0.25, 0.3) is 11.5 Å². The smallest absolute Gasteiger partial charge is 0.277 e. The van der Waals surface area contributed by atoms with Gasteiger partial charge in [0.15, 0.2) is 0 Å². The van der Waals surface area contributed by atoms with Crippen LogP contribution in [-0.2, 0) is 11.2 Å². The SMILES string of the molecule is COc1ccc(-c2nnc(SCC(=O)N3CCc4ccc(F)cc4C3C)o2)cc1. The van der Waals surface area contributed by atoms with Crippen LogP contribution in [0, 0.1) is 5.82 Å². The average molecular weight is 413 g/mol. The number of thioether (sulfide) groups is 1. The number of amides is 1. The number of halogens is 1. The fourth-order valence-corrected chi connectivity index (χ4v) is 4.10. The van der Waals surface area contributed by atoms with Gasteiger partial charge in [-0.15, -0.1) is 10.2 Å². The Hall–Kier alpha value is -2.87. The van der Waals surface area contributed by atoms with Crippen LogP contribution < -0.4 is 4.74 Å². The van der Waals surface area contributed by atoms with Crippen molar-refractivity contribution in [3.63, 3.8) is 0 Å². The molecule has 0 bridgehead atoms. The molecule has 1 aliphatic heterocycles. The molecule has 0 radical (unpaired) electrons. The molecule has 0 N–H and O–H groups in total. The predicted molar refractivity (Wildman–Crippen MR) is 107 cm³/mol. The molecule has 1 amide bonds. The summed E-state index contributed by atoms with van der Waals surface area (Å²) in [6, 6.07) is 11.9. The Balaban J connectivity index is 1.39. The number of hydrogen-bond donors (Lipinski definition) is 0. The monoisotopic (exact) mass is 413 g/mol. The van der Waals surface area contributed by atoms with Gasteiger partial charge < -0.3 is 14.1 Å². The molecule has 1 aliphatic rings. The highest BCUT2D eigenvalue weighted by molar-refractivity contribution is 7.99. The number of methoxy groups -OCH3 is 1. The summed E-state index contributed by atoms with van der Waals surface area (Å²) >= 11 is 1.20. The Morgan fingerprint density at radius 1 is 1.28 bits per heavy atom. The topological polar surface area (TPSA) is 68.5 Å². The molecular weight excluding hydrogens is 393 g/mol. The van der Waals surface area contributed by atoms with E-state index >= 15 is 0 Å². The molecule has 3 aromatic rings. The Morgan fingerprint density at radius 3 is 2.83 bits per heavy atom. The zero-order valence-electron chi connectivity index (χ0n) is 16.1. The van der Waals surface area contributed by atoms with Crippen molar-refractivity contribution in [2.45, 2.75) is 24.6 Å². The van der Waals surface area contributed by atoms with Gasteiger partial charge >= 0.3 is 0 Å². The molecule has 0 fully saturated rings. The van der Waals surface area contributed by atoms with Crippen LogP contribution in [0.4, 0.5) is 4.39 Å². The maximum absolute atomic E-state index is 13.6. The number of carbonyl (C=O) groups excluding carboxylic acids is 1. The van der Waals surface area contributed by atoms with E-state index in [0.717, 1.165) is 28.9 Å². The van der Waals surface area contributed by atoms with E-state index < -0.39 is 0 Å². The number of rotatable bonds is 5. The third kappa shape index (κ3) is 4.12. The maximum Gasteiger partial charge on any atom is 0.277 e. The molecule has 0 saturated heterocycles. The molecule has 4 rings (SSSR count). The van der Waals surface area contributed by atoms with Crippen molar-refractivity contribution >= 4 is 17.7 Å². The quantitative estimate of drug-likeness (QED) is 0.586. The standard InChI is InChI=1S/C21H20FN3O3S/c1-13-18-11-16(22)6-3-14(18)9-10-25(13)19(26)12-29-21-24-23-20(28-21)15-4-7-17(27-2)8-5-15/h3-8,11,13H,9-10,12H2,1-2H3. The van der Waals surface area contributed by atoms with Crippen LogP contribution in [0.2, 0.25) is 0 Å². The molecule has 150 valence electrons. The summed E-state index contributed by atoms with van der Waals surface area (Å²) in [4.78, 5) is 14.5. The van der Waals surface area contributed by atoms with Crippen molar-refractivity contribution in [3.8, 4) is 17.2 Å². The fourth-order valence-electron chi connectivity index (χ4n) is 3.45. The van der Waals surface area contributed by atoms with Crippen molar-refractivity contribution in [3.05, 3.63) is 59.4 Å². The Morgan fingerprint density at radius 2 is 2.07 bits per heavy atom. The van der Waals surface area contributed by atoms with E-state index in [2.05, 4.69) is 10.2 Å². The molecule has 0 spiro atoms. The largest absolute Gasteiger partial charge is 0.497 e. The van der Waals surface area contributed by atoms with Gasteiger partial charge in [0.2, 0.25) is 11.8 Å². The lowest BCUT2D eigenvalue weighted by atomic mass is 9.93. The minimum atomic E-state index is -0.281. The third-order valence-corrected chi connectivity index (χ3v) is 5.83. The van der Waals surface area contributed by atoms with Crippen LogP contribution >= 0.6 is 11.8 Å².